The molecule has 0 aliphatic carbocycles. The van der Waals surface area contributed by atoms with Gasteiger partial charge in [-0.3, -0.25) is 4.79 Å². The maximum atomic E-state index is 11.6. The molecule has 2 N–H and O–H groups in total. The Morgan fingerprint density at radius 3 is 2.82 bits per heavy atom. The quantitative estimate of drug-likeness (QED) is 0.785. The minimum absolute atomic E-state index is 0.0781. The largest absolute Gasteiger partial charge is 0.353 e. The summed E-state index contributed by atoms with van der Waals surface area (Å²) in [6, 6.07) is 4.62. The van der Waals surface area contributed by atoms with Gasteiger partial charge in [0.1, 0.15) is 0 Å². The summed E-state index contributed by atoms with van der Waals surface area (Å²) in [6.07, 6.45) is 2.13. The van der Waals surface area contributed by atoms with Crippen molar-refractivity contribution in [3.05, 3.63) is 22.4 Å². The van der Waals surface area contributed by atoms with E-state index in [9.17, 15) is 4.79 Å². The topological polar surface area (TPSA) is 41.1 Å². The summed E-state index contributed by atoms with van der Waals surface area (Å²) in [5.41, 5.74) is 0. The number of nitrogens with one attached hydrogen (secondary N) is 2. The summed E-state index contributed by atoms with van der Waals surface area (Å²) in [4.78, 5) is 12.9. The number of hydrogen-bond acceptors (Lipinski definition) is 3. The fourth-order valence-electron chi connectivity index (χ4n) is 1.72. The lowest BCUT2D eigenvalue weighted by atomic mass is 10.2. The average molecular weight is 254 g/mol. The fourth-order valence-corrected chi connectivity index (χ4v) is 2.47. The molecule has 0 spiro atoms. The molecule has 0 radical (unpaired) electrons. The zero-order valence-electron chi connectivity index (χ0n) is 10.8. The Kier molecular flexibility index (Phi) is 6.22. The van der Waals surface area contributed by atoms with E-state index in [1.807, 2.05) is 13.0 Å². The Hall–Kier alpha value is -0.870. The van der Waals surface area contributed by atoms with Crippen LogP contribution in [-0.2, 0) is 4.79 Å². The SMILES string of the molecule is CCCC(C)NC(=O)CN[C@H](C)c1cccs1. The van der Waals surface area contributed by atoms with Gasteiger partial charge in [-0.25, -0.2) is 0 Å². The zero-order chi connectivity index (χ0) is 12.7. The number of carbonyl (C=O) groups excluding carboxylic acids is 1. The highest BCUT2D eigenvalue weighted by Gasteiger charge is 2.09. The van der Waals surface area contributed by atoms with Crippen LogP contribution in [-0.4, -0.2) is 18.5 Å². The summed E-state index contributed by atoms with van der Waals surface area (Å²) < 4.78 is 0. The van der Waals surface area contributed by atoms with Gasteiger partial charge in [-0.2, -0.15) is 0 Å². The molecule has 2 atom stereocenters. The molecular weight excluding hydrogens is 232 g/mol. The van der Waals surface area contributed by atoms with Crippen LogP contribution in [0.3, 0.4) is 0 Å². The molecule has 1 rings (SSSR count). The monoisotopic (exact) mass is 254 g/mol. The molecule has 0 fully saturated rings. The van der Waals surface area contributed by atoms with Crippen molar-refractivity contribution in [3.63, 3.8) is 0 Å². The molecule has 0 aliphatic rings. The van der Waals surface area contributed by atoms with Crippen molar-refractivity contribution in [1.82, 2.24) is 10.6 Å². The van der Waals surface area contributed by atoms with Crippen LogP contribution in [0.5, 0.6) is 0 Å². The van der Waals surface area contributed by atoms with Gasteiger partial charge < -0.3 is 10.6 Å². The predicted molar refractivity (Wildman–Crippen MR) is 73.2 cm³/mol. The van der Waals surface area contributed by atoms with Gasteiger partial charge in [-0.1, -0.05) is 19.4 Å². The number of thiophene rings is 1. The Morgan fingerprint density at radius 1 is 1.47 bits per heavy atom. The van der Waals surface area contributed by atoms with Crippen molar-refractivity contribution < 1.29 is 4.79 Å². The molecule has 0 aromatic carbocycles. The fraction of sp³-hybridized carbons (Fsp3) is 0.615. The van der Waals surface area contributed by atoms with Gasteiger partial charge in [-0.15, -0.1) is 11.3 Å². The number of rotatable bonds is 7. The predicted octanol–water partition coefficient (Wildman–Crippen LogP) is 2.70. The standard InChI is InChI=1S/C13H22N2OS/c1-4-6-10(2)15-13(16)9-14-11(3)12-7-5-8-17-12/h5,7-8,10-11,14H,4,6,9H2,1-3H3,(H,15,16)/t10?,11-/m1/s1. The number of carbonyl (C=O) groups is 1. The molecular formula is C13H22N2OS. The Labute approximate surface area is 108 Å². The van der Waals surface area contributed by atoms with E-state index >= 15 is 0 Å². The molecule has 1 amide bonds. The van der Waals surface area contributed by atoms with Crippen LogP contribution in [0, 0.1) is 0 Å². The van der Waals surface area contributed by atoms with E-state index in [1.54, 1.807) is 11.3 Å². The first-order chi connectivity index (χ1) is 8.13. The van der Waals surface area contributed by atoms with Crippen molar-refractivity contribution >= 4 is 17.2 Å². The second kappa shape index (κ2) is 7.45. The van der Waals surface area contributed by atoms with E-state index in [0.29, 0.717) is 6.54 Å². The molecule has 17 heavy (non-hydrogen) atoms. The van der Waals surface area contributed by atoms with Gasteiger partial charge in [0.25, 0.3) is 0 Å². The van der Waals surface area contributed by atoms with E-state index in [1.165, 1.54) is 4.88 Å². The van der Waals surface area contributed by atoms with Crippen molar-refractivity contribution in [2.75, 3.05) is 6.54 Å². The van der Waals surface area contributed by atoms with Crippen LogP contribution in [0.2, 0.25) is 0 Å². The van der Waals surface area contributed by atoms with Crippen LogP contribution >= 0.6 is 11.3 Å². The summed E-state index contributed by atoms with van der Waals surface area (Å²) in [6.45, 7) is 6.63. The third-order valence-corrected chi connectivity index (χ3v) is 3.72. The van der Waals surface area contributed by atoms with Crippen LogP contribution < -0.4 is 10.6 Å². The van der Waals surface area contributed by atoms with Crippen molar-refractivity contribution in [1.29, 1.82) is 0 Å². The highest BCUT2D eigenvalue weighted by atomic mass is 32.1. The minimum Gasteiger partial charge on any atom is -0.353 e. The number of amides is 1. The summed E-state index contributed by atoms with van der Waals surface area (Å²) in [7, 11) is 0. The molecule has 96 valence electrons. The van der Waals surface area contributed by atoms with Gasteiger partial charge >= 0.3 is 0 Å². The summed E-state index contributed by atoms with van der Waals surface area (Å²) >= 11 is 1.71. The van der Waals surface area contributed by atoms with Crippen molar-refractivity contribution in [2.24, 2.45) is 0 Å². The second-order valence-corrected chi connectivity index (χ2v) is 5.35. The van der Waals surface area contributed by atoms with Gasteiger partial charge in [-0.05, 0) is 31.7 Å². The summed E-state index contributed by atoms with van der Waals surface area (Å²) in [5.74, 6) is 0.0781. The molecule has 3 nitrogen and oxygen atoms in total. The van der Waals surface area contributed by atoms with E-state index in [2.05, 4.69) is 35.9 Å². The molecule has 1 unspecified atom stereocenters. The molecule has 0 aliphatic heterocycles. The Bertz CT molecular complexity index is 324. The van der Waals surface area contributed by atoms with E-state index in [4.69, 9.17) is 0 Å². The zero-order valence-corrected chi connectivity index (χ0v) is 11.6. The van der Waals surface area contributed by atoms with Gasteiger partial charge in [0.15, 0.2) is 0 Å². The Balaban J connectivity index is 2.24. The normalized spacial score (nSPS) is 14.3. The second-order valence-electron chi connectivity index (χ2n) is 4.38. The molecule has 4 heteroatoms. The van der Waals surface area contributed by atoms with Gasteiger partial charge in [0, 0.05) is 17.0 Å². The molecule has 0 saturated carbocycles. The highest BCUT2D eigenvalue weighted by molar-refractivity contribution is 7.10. The lowest BCUT2D eigenvalue weighted by Crippen LogP contribution is -2.39. The minimum atomic E-state index is 0.0781. The Morgan fingerprint density at radius 2 is 2.24 bits per heavy atom. The van der Waals surface area contributed by atoms with Crippen molar-refractivity contribution in [2.45, 2.75) is 45.7 Å². The van der Waals surface area contributed by atoms with Crippen LogP contribution in [0.4, 0.5) is 0 Å². The van der Waals surface area contributed by atoms with E-state index < -0.39 is 0 Å². The first-order valence-electron chi connectivity index (χ1n) is 6.19. The van der Waals surface area contributed by atoms with Crippen LogP contribution in [0.15, 0.2) is 17.5 Å². The average Bonchev–Trinajstić information content (AvgIpc) is 2.79. The first kappa shape index (κ1) is 14.2. The smallest absolute Gasteiger partial charge is 0.234 e. The summed E-state index contributed by atoms with van der Waals surface area (Å²) in [5, 5.41) is 8.27. The third kappa shape index (κ3) is 5.33. The van der Waals surface area contributed by atoms with E-state index in [-0.39, 0.29) is 18.0 Å². The maximum Gasteiger partial charge on any atom is 0.234 e. The molecule has 1 aromatic heterocycles. The highest BCUT2D eigenvalue weighted by Crippen LogP contribution is 2.17. The number of hydrogen-bond donors (Lipinski definition) is 2. The molecule has 1 aromatic rings. The molecule has 1 heterocycles. The van der Waals surface area contributed by atoms with Crippen molar-refractivity contribution in [3.8, 4) is 0 Å². The molecule has 0 bridgehead atoms. The molecule has 0 saturated heterocycles. The van der Waals surface area contributed by atoms with Gasteiger partial charge in [0.2, 0.25) is 5.91 Å². The lowest BCUT2D eigenvalue weighted by Gasteiger charge is -2.15. The van der Waals surface area contributed by atoms with Crippen LogP contribution in [0.1, 0.15) is 44.5 Å². The van der Waals surface area contributed by atoms with Gasteiger partial charge in [0.05, 0.1) is 6.54 Å². The van der Waals surface area contributed by atoms with Crippen LogP contribution in [0.25, 0.3) is 0 Å². The van der Waals surface area contributed by atoms with E-state index in [0.717, 1.165) is 12.8 Å². The lowest BCUT2D eigenvalue weighted by molar-refractivity contribution is -0.121. The maximum absolute atomic E-state index is 11.6. The first-order valence-corrected chi connectivity index (χ1v) is 7.07. The third-order valence-electron chi connectivity index (χ3n) is 2.67.